The Morgan fingerprint density at radius 1 is 1.34 bits per heavy atom. The summed E-state index contributed by atoms with van der Waals surface area (Å²) in [5, 5.41) is 25.9. The molecule has 1 aromatic heterocycles. The number of hydrogen-bond donors (Lipinski definition) is 3. The number of rotatable bonds is 14. The van der Waals surface area contributed by atoms with Crippen LogP contribution in [0.5, 0.6) is 0 Å². The van der Waals surface area contributed by atoms with E-state index in [-0.39, 0.29) is 0 Å². The Bertz CT molecular complexity index is 792. The Balaban J connectivity index is 2.67. The maximum Gasteiger partial charge on any atom is 0.255 e. The molecule has 0 saturated heterocycles. The first kappa shape index (κ1) is 28.1. The Morgan fingerprint density at radius 2 is 2.06 bits per heavy atom. The molecule has 0 spiro atoms. The number of aliphatic hydroxyl groups excluding tert-OH is 2. The zero-order valence-electron chi connectivity index (χ0n) is 19.1. The van der Waals surface area contributed by atoms with E-state index in [2.05, 4.69) is 11.9 Å². The van der Waals surface area contributed by atoms with Crippen molar-refractivity contribution in [3.63, 3.8) is 0 Å². The molecule has 2 amide bonds. The largest absolute Gasteiger partial charge is 0.380 e. The molecule has 3 N–H and O–H groups in total. The van der Waals surface area contributed by atoms with E-state index >= 15 is 0 Å². The molecule has 1 heterocycles. The van der Waals surface area contributed by atoms with Crippen LogP contribution in [0, 0.1) is 0 Å². The Labute approximate surface area is 200 Å². The maximum atomic E-state index is 12.9. The third kappa shape index (κ3) is 9.28. The number of halogens is 1. The van der Waals surface area contributed by atoms with Gasteiger partial charge in [-0.1, -0.05) is 49.4 Å². The quantitative estimate of drug-likeness (QED) is 0.352. The van der Waals surface area contributed by atoms with Gasteiger partial charge in [0.05, 0.1) is 6.04 Å². The van der Waals surface area contributed by atoms with Crippen LogP contribution < -0.4 is 5.32 Å². The van der Waals surface area contributed by atoms with Crippen LogP contribution in [0.3, 0.4) is 0 Å². The summed E-state index contributed by atoms with van der Waals surface area (Å²) in [6, 6.07) is 3.47. The standard InChI is InChI=1S/C24H35ClN2O4S/c1-5-15-27(18(4)17(3)10-7-8-11-19(25)6-2)24(31)22(29)21(28)23(30)26-14-13-20-12-9-16-32-20/h6-7,9-10,12,16,18,21-22,28-29H,3,5,8,11,13-15H2,1-2,4H3,(H,26,30)/b10-7-,19-6+. The molecule has 8 heteroatoms. The summed E-state index contributed by atoms with van der Waals surface area (Å²) in [7, 11) is 0. The summed E-state index contributed by atoms with van der Waals surface area (Å²) in [5.41, 5.74) is 0.686. The topological polar surface area (TPSA) is 89.9 Å². The molecule has 1 rings (SSSR count). The summed E-state index contributed by atoms with van der Waals surface area (Å²) in [4.78, 5) is 27.7. The van der Waals surface area contributed by atoms with Gasteiger partial charge in [-0.25, -0.2) is 0 Å². The fourth-order valence-electron chi connectivity index (χ4n) is 2.99. The van der Waals surface area contributed by atoms with Crippen molar-refractivity contribution in [1.82, 2.24) is 10.2 Å². The molecule has 32 heavy (non-hydrogen) atoms. The maximum absolute atomic E-state index is 12.9. The average Bonchev–Trinajstić information content (AvgIpc) is 3.31. The van der Waals surface area contributed by atoms with E-state index in [1.54, 1.807) is 18.3 Å². The van der Waals surface area contributed by atoms with Crippen molar-refractivity contribution in [2.75, 3.05) is 13.1 Å². The molecule has 0 saturated carbocycles. The monoisotopic (exact) mass is 482 g/mol. The molecule has 0 fully saturated rings. The smallest absolute Gasteiger partial charge is 0.255 e. The van der Waals surface area contributed by atoms with E-state index in [0.717, 1.165) is 22.8 Å². The number of thiophene rings is 1. The molecule has 1 aromatic rings. The van der Waals surface area contributed by atoms with Crippen molar-refractivity contribution in [2.24, 2.45) is 0 Å². The molecule has 0 aliphatic carbocycles. The third-order valence-corrected chi connectivity index (χ3v) is 6.36. The molecule has 3 atom stereocenters. The lowest BCUT2D eigenvalue weighted by Crippen LogP contribution is -2.53. The second kappa shape index (κ2) is 15.0. The number of aliphatic hydroxyl groups is 2. The van der Waals surface area contributed by atoms with Crippen molar-refractivity contribution < 1.29 is 19.8 Å². The number of allylic oxidation sites excluding steroid dienone is 3. The zero-order chi connectivity index (χ0) is 24.1. The van der Waals surface area contributed by atoms with Crippen LogP contribution in [-0.2, 0) is 16.0 Å². The van der Waals surface area contributed by atoms with Crippen LogP contribution in [0.25, 0.3) is 0 Å². The average molecular weight is 483 g/mol. The van der Waals surface area contributed by atoms with Crippen molar-refractivity contribution in [3.8, 4) is 0 Å². The first-order valence-corrected chi connectivity index (χ1v) is 12.1. The summed E-state index contributed by atoms with van der Waals surface area (Å²) < 4.78 is 0. The lowest BCUT2D eigenvalue weighted by molar-refractivity contribution is -0.154. The first-order valence-electron chi connectivity index (χ1n) is 10.9. The molecule has 0 radical (unpaired) electrons. The molecule has 0 aromatic carbocycles. The van der Waals surface area contributed by atoms with Crippen LogP contribution >= 0.6 is 22.9 Å². The van der Waals surface area contributed by atoms with Crippen LogP contribution in [-0.4, -0.2) is 58.3 Å². The van der Waals surface area contributed by atoms with Gasteiger partial charge >= 0.3 is 0 Å². The Hall–Kier alpha value is -1.93. The van der Waals surface area contributed by atoms with Gasteiger partial charge in [0.2, 0.25) is 0 Å². The highest BCUT2D eigenvalue weighted by molar-refractivity contribution is 7.09. The molecule has 0 aliphatic heterocycles. The fourth-order valence-corrected chi connectivity index (χ4v) is 3.81. The van der Waals surface area contributed by atoms with E-state index < -0.39 is 30.1 Å². The van der Waals surface area contributed by atoms with Gasteiger partial charge in [-0.05, 0) is 56.6 Å². The van der Waals surface area contributed by atoms with E-state index in [9.17, 15) is 19.8 Å². The van der Waals surface area contributed by atoms with Gasteiger partial charge in [0.25, 0.3) is 11.8 Å². The highest BCUT2D eigenvalue weighted by Gasteiger charge is 2.35. The van der Waals surface area contributed by atoms with Crippen molar-refractivity contribution in [2.45, 2.75) is 64.7 Å². The molecule has 0 bridgehead atoms. The molecule has 0 aliphatic rings. The predicted molar refractivity (Wildman–Crippen MR) is 132 cm³/mol. The van der Waals surface area contributed by atoms with E-state index in [4.69, 9.17) is 11.6 Å². The van der Waals surface area contributed by atoms with E-state index in [1.165, 1.54) is 4.90 Å². The number of amides is 2. The highest BCUT2D eigenvalue weighted by atomic mass is 35.5. The molecular weight excluding hydrogens is 448 g/mol. The van der Waals surface area contributed by atoms with Crippen LogP contribution in [0.15, 0.2) is 52.9 Å². The Morgan fingerprint density at radius 3 is 2.66 bits per heavy atom. The summed E-state index contributed by atoms with van der Waals surface area (Å²) in [6.07, 6.45) is 4.65. The van der Waals surface area contributed by atoms with E-state index in [1.807, 2.05) is 49.6 Å². The van der Waals surface area contributed by atoms with Gasteiger partial charge in [0, 0.05) is 23.0 Å². The van der Waals surface area contributed by atoms with E-state index in [0.29, 0.717) is 31.5 Å². The SMILES string of the molecule is C=C(/C=C\CC/C(Cl)=C\C)C(C)N(CCC)C(=O)C(O)C(O)C(=O)NCCc1cccs1. The molecule has 6 nitrogen and oxygen atoms in total. The summed E-state index contributed by atoms with van der Waals surface area (Å²) in [5.74, 6) is -1.47. The lowest BCUT2D eigenvalue weighted by Gasteiger charge is -2.32. The number of carbonyl (C=O) groups excluding carboxylic acids is 2. The number of nitrogens with zero attached hydrogens (tertiary/aromatic N) is 1. The normalized spacial score (nSPS) is 14.8. The Kier molecular flexibility index (Phi) is 13.2. The van der Waals surface area contributed by atoms with Crippen molar-refractivity contribution in [3.05, 3.63) is 57.8 Å². The van der Waals surface area contributed by atoms with Gasteiger partial charge in [-0.3, -0.25) is 9.59 Å². The fraction of sp³-hybridized carbons (Fsp3) is 0.500. The number of nitrogens with one attached hydrogen (secondary N) is 1. The van der Waals surface area contributed by atoms with Gasteiger partial charge in [-0.15, -0.1) is 11.3 Å². The van der Waals surface area contributed by atoms with Crippen molar-refractivity contribution >= 4 is 34.8 Å². The van der Waals surface area contributed by atoms with Crippen LogP contribution in [0.2, 0.25) is 0 Å². The lowest BCUT2D eigenvalue weighted by atomic mass is 10.0. The molecular formula is C24H35ClN2O4S. The summed E-state index contributed by atoms with van der Waals surface area (Å²) in [6.45, 7) is 10.3. The van der Waals surface area contributed by atoms with Crippen LogP contribution in [0.4, 0.5) is 0 Å². The first-order chi connectivity index (χ1) is 15.2. The van der Waals surface area contributed by atoms with Gasteiger partial charge in [0.1, 0.15) is 0 Å². The molecule has 3 unspecified atom stereocenters. The van der Waals surface area contributed by atoms with Gasteiger partial charge in [-0.2, -0.15) is 0 Å². The van der Waals surface area contributed by atoms with Crippen LogP contribution in [0.1, 0.15) is 44.9 Å². The summed E-state index contributed by atoms with van der Waals surface area (Å²) >= 11 is 7.56. The number of hydrogen-bond acceptors (Lipinski definition) is 5. The van der Waals surface area contributed by atoms with Crippen molar-refractivity contribution in [1.29, 1.82) is 0 Å². The minimum absolute atomic E-state index is 0.311. The minimum atomic E-state index is -1.85. The molecule has 178 valence electrons. The second-order valence-electron chi connectivity index (χ2n) is 7.47. The number of carbonyl (C=O) groups is 2. The zero-order valence-corrected chi connectivity index (χ0v) is 20.7. The highest BCUT2D eigenvalue weighted by Crippen LogP contribution is 2.16. The predicted octanol–water partition coefficient (Wildman–Crippen LogP) is 3.79. The van der Waals surface area contributed by atoms with Gasteiger partial charge < -0.3 is 20.4 Å². The minimum Gasteiger partial charge on any atom is -0.380 e. The third-order valence-electron chi connectivity index (χ3n) is 5.02. The van der Waals surface area contributed by atoms with Gasteiger partial charge in [0.15, 0.2) is 12.2 Å². The second-order valence-corrected chi connectivity index (χ2v) is 8.99.